The Morgan fingerprint density at radius 2 is 2.05 bits per heavy atom. The van der Waals surface area contributed by atoms with Crippen LogP contribution in [0.25, 0.3) is 0 Å². The highest BCUT2D eigenvalue weighted by Gasteiger charge is 2.24. The highest BCUT2D eigenvalue weighted by Crippen LogP contribution is 2.35. The van der Waals surface area contributed by atoms with Gasteiger partial charge in [0.2, 0.25) is 0 Å². The van der Waals surface area contributed by atoms with E-state index in [-0.39, 0.29) is 5.50 Å². The summed E-state index contributed by atoms with van der Waals surface area (Å²) in [6, 6.07) is 0. The third-order valence-electron chi connectivity index (χ3n) is 2.73. The van der Waals surface area contributed by atoms with Crippen molar-refractivity contribution in [3.8, 4) is 0 Å². The van der Waals surface area contributed by atoms with E-state index in [4.69, 9.17) is 5.73 Å². The number of hydrogen-bond donors (Lipinski definition) is 3. The molecule has 1 fully saturated rings. The van der Waals surface area contributed by atoms with Crippen LogP contribution < -0.4 is 16.4 Å². The third-order valence-corrected chi connectivity index (χ3v) is 3.64. The van der Waals surface area contributed by atoms with Gasteiger partial charge >= 0.3 is 0 Å². The van der Waals surface area contributed by atoms with Gasteiger partial charge in [-0.25, -0.2) is 9.97 Å². The Morgan fingerprint density at radius 1 is 1.32 bits per heavy atom. The van der Waals surface area contributed by atoms with E-state index in [9.17, 15) is 0 Å². The van der Waals surface area contributed by atoms with Crippen molar-refractivity contribution in [1.82, 2.24) is 15.3 Å². The summed E-state index contributed by atoms with van der Waals surface area (Å²) in [5.74, 6) is 1.41. The van der Waals surface area contributed by atoms with Crippen LogP contribution in [0.3, 0.4) is 0 Å². The average molecular weight is 283 g/mol. The standard InChI is InChI=1S/C9H13N5S.2C2H6/c10-9-13-6-4-12-7(14-8(6)15-9)5-1-2-11-3-5;2*1-2/h4-5,9,11,13H,1-3,10H2;2*1-2H3. The molecule has 1 aromatic rings. The molecule has 5 nitrogen and oxygen atoms in total. The van der Waals surface area contributed by atoms with Crippen molar-refractivity contribution >= 4 is 17.4 Å². The summed E-state index contributed by atoms with van der Waals surface area (Å²) in [6.07, 6.45) is 2.97. The molecule has 2 atom stereocenters. The van der Waals surface area contributed by atoms with Gasteiger partial charge in [0.15, 0.2) is 0 Å². The Labute approximate surface area is 120 Å². The summed E-state index contributed by atoms with van der Waals surface area (Å²) in [4.78, 5) is 8.94. The SMILES string of the molecule is CC.CC.NC1Nc2cnc(C3CCNC3)nc2S1. The fraction of sp³-hybridized carbons (Fsp3) is 0.692. The van der Waals surface area contributed by atoms with Gasteiger partial charge in [0.05, 0.1) is 11.9 Å². The van der Waals surface area contributed by atoms with Crippen LogP contribution in [0.4, 0.5) is 5.69 Å². The van der Waals surface area contributed by atoms with Gasteiger partial charge in [-0.1, -0.05) is 39.5 Å². The first-order valence-electron chi connectivity index (χ1n) is 7.09. The first kappa shape index (κ1) is 16.2. The molecule has 0 aliphatic carbocycles. The molecule has 19 heavy (non-hydrogen) atoms. The molecule has 108 valence electrons. The Hall–Kier alpha value is -0.850. The molecule has 0 bridgehead atoms. The van der Waals surface area contributed by atoms with Crippen molar-refractivity contribution < 1.29 is 0 Å². The summed E-state index contributed by atoms with van der Waals surface area (Å²) in [7, 11) is 0. The van der Waals surface area contributed by atoms with Crippen LogP contribution in [0.5, 0.6) is 0 Å². The minimum absolute atomic E-state index is 0.0775. The lowest BCUT2D eigenvalue weighted by molar-refractivity contribution is 0.690. The van der Waals surface area contributed by atoms with Gasteiger partial charge in [-0.3, -0.25) is 0 Å². The second-order valence-corrected chi connectivity index (χ2v) is 4.95. The molecule has 1 saturated heterocycles. The average Bonchev–Trinajstić information content (AvgIpc) is 3.10. The smallest absolute Gasteiger partial charge is 0.134 e. The monoisotopic (exact) mass is 283 g/mol. The van der Waals surface area contributed by atoms with Crippen LogP contribution in [0, 0.1) is 0 Å². The third kappa shape index (κ3) is 4.06. The number of anilines is 1. The number of nitrogens with zero attached hydrogens (tertiary/aromatic N) is 2. The second-order valence-electron chi connectivity index (χ2n) is 3.82. The van der Waals surface area contributed by atoms with Crippen LogP contribution in [-0.2, 0) is 0 Å². The Balaban J connectivity index is 0.000000415. The molecule has 3 rings (SSSR count). The fourth-order valence-electron chi connectivity index (χ4n) is 1.94. The number of aromatic nitrogens is 2. The zero-order valence-corrected chi connectivity index (χ0v) is 13.0. The zero-order valence-electron chi connectivity index (χ0n) is 12.2. The van der Waals surface area contributed by atoms with E-state index in [2.05, 4.69) is 20.6 Å². The summed E-state index contributed by atoms with van der Waals surface area (Å²) < 4.78 is 0. The predicted molar refractivity (Wildman–Crippen MR) is 82.4 cm³/mol. The molecule has 0 radical (unpaired) electrons. The van der Waals surface area contributed by atoms with Gasteiger partial charge in [-0.2, -0.15) is 0 Å². The molecule has 3 heterocycles. The van der Waals surface area contributed by atoms with Crippen LogP contribution in [-0.4, -0.2) is 28.6 Å². The fourth-order valence-corrected chi connectivity index (χ4v) is 2.75. The highest BCUT2D eigenvalue weighted by molar-refractivity contribution is 8.00. The van der Waals surface area contributed by atoms with E-state index in [1.165, 1.54) is 0 Å². The predicted octanol–water partition coefficient (Wildman–Crippen LogP) is 2.37. The molecule has 0 spiro atoms. The number of rotatable bonds is 1. The van der Waals surface area contributed by atoms with Gasteiger partial charge in [0, 0.05) is 12.5 Å². The van der Waals surface area contributed by atoms with Crippen molar-refractivity contribution in [1.29, 1.82) is 0 Å². The summed E-state index contributed by atoms with van der Waals surface area (Å²) in [5, 5.41) is 7.42. The Bertz CT molecular complexity index is 379. The minimum Gasteiger partial charge on any atom is -0.358 e. The first-order valence-corrected chi connectivity index (χ1v) is 7.97. The van der Waals surface area contributed by atoms with Crippen LogP contribution >= 0.6 is 11.8 Å². The maximum Gasteiger partial charge on any atom is 0.134 e. The Morgan fingerprint density at radius 3 is 2.68 bits per heavy atom. The summed E-state index contributed by atoms with van der Waals surface area (Å²) in [6.45, 7) is 10.1. The van der Waals surface area contributed by atoms with E-state index in [0.717, 1.165) is 36.0 Å². The number of fused-ring (bicyclic) bond motifs is 1. The normalized spacial score (nSPS) is 23.4. The number of thioether (sulfide) groups is 1. The molecule has 2 aliphatic heterocycles. The minimum atomic E-state index is -0.0775. The van der Waals surface area contributed by atoms with Crippen molar-refractivity contribution in [2.75, 3.05) is 18.4 Å². The van der Waals surface area contributed by atoms with Gasteiger partial charge in [0.1, 0.15) is 16.3 Å². The van der Waals surface area contributed by atoms with Gasteiger partial charge in [-0.15, -0.1) is 0 Å². The van der Waals surface area contributed by atoms with E-state index >= 15 is 0 Å². The lowest BCUT2D eigenvalue weighted by Gasteiger charge is -2.07. The topological polar surface area (TPSA) is 75.9 Å². The van der Waals surface area contributed by atoms with Gasteiger partial charge in [0.25, 0.3) is 0 Å². The molecular formula is C13H25N5S. The molecular weight excluding hydrogens is 258 g/mol. The van der Waals surface area contributed by atoms with Gasteiger partial charge in [-0.05, 0) is 13.0 Å². The largest absolute Gasteiger partial charge is 0.358 e. The quantitative estimate of drug-likeness (QED) is 0.687. The van der Waals surface area contributed by atoms with Crippen LogP contribution in [0.1, 0.15) is 45.9 Å². The second kappa shape index (κ2) is 8.35. The molecule has 1 aromatic heterocycles. The van der Waals surface area contributed by atoms with Crippen LogP contribution in [0.15, 0.2) is 11.2 Å². The van der Waals surface area contributed by atoms with E-state index in [1.54, 1.807) is 11.8 Å². The summed E-state index contributed by atoms with van der Waals surface area (Å²) >= 11 is 1.56. The lowest BCUT2D eigenvalue weighted by Crippen LogP contribution is -2.20. The van der Waals surface area contributed by atoms with Crippen LogP contribution in [0.2, 0.25) is 0 Å². The molecule has 6 heteroatoms. The molecule has 0 saturated carbocycles. The zero-order chi connectivity index (χ0) is 14.3. The Kier molecular flexibility index (Phi) is 7.12. The number of hydrogen-bond acceptors (Lipinski definition) is 6. The number of nitrogens with two attached hydrogens (primary N) is 1. The van der Waals surface area contributed by atoms with Crippen molar-refractivity contribution in [3.63, 3.8) is 0 Å². The number of nitrogens with one attached hydrogen (secondary N) is 2. The van der Waals surface area contributed by atoms with Crippen molar-refractivity contribution in [2.45, 2.75) is 50.6 Å². The highest BCUT2D eigenvalue weighted by atomic mass is 32.2. The lowest BCUT2D eigenvalue weighted by atomic mass is 10.1. The molecule has 2 aliphatic rings. The molecule has 2 unspecified atom stereocenters. The first-order chi connectivity index (χ1) is 9.33. The van der Waals surface area contributed by atoms with Crippen molar-refractivity contribution in [3.05, 3.63) is 12.0 Å². The van der Waals surface area contributed by atoms with Crippen molar-refractivity contribution in [2.24, 2.45) is 5.73 Å². The maximum absolute atomic E-state index is 5.76. The van der Waals surface area contributed by atoms with E-state index in [1.807, 2.05) is 33.9 Å². The molecule has 4 N–H and O–H groups in total. The maximum atomic E-state index is 5.76. The summed E-state index contributed by atoms with van der Waals surface area (Å²) in [5.41, 5.74) is 6.64. The van der Waals surface area contributed by atoms with Gasteiger partial charge < -0.3 is 16.4 Å². The van der Waals surface area contributed by atoms with E-state index < -0.39 is 0 Å². The molecule has 0 amide bonds. The molecule has 0 aromatic carbocycles. The van der Waals surface area contributed by atoms with E-state index in [0.29, 0.717) is 5.92 Å².